The summed E-state index contributed by atoms with van der Waals surface area (Å²) in [4.78, 5) is 5.12. The Morgan fingerprint density at radius 2 is 1.74 bits per heavy atom. The van der Waals surface area contributed by atoms with Crippen LogP contribution < -0.4 is 0 Å². The Kier molecular flexibility index (Phi) is 7.55. The molecule has 5 rings (SSSR count). The minimum absolute atomic E-state index is 0.00609. The number of nitrogens with zero attached hydrogens (tertiary/aromatic N) is 1. The highest BCUT2D eigenvalue weighted by Crippen LogP contribution is 2.49. The first-order valence-corrected chi connectivity index (χ1v) is 13.8. The minimum atomic E-state index is -4.66. The standard InChI is InChI=1S/C31H32ClF4NO2/c1-30(2)15-24-28(26(39)16-30)27(17-7-10-20(33)11-8-17)21(29(37-24)18-5-3-4-6-18)14-25(38)19-9-12-23(32)22(13-19)31(34,35)36/h7-13,18,25-26,38-39H,3-6,14-16H2,1-2H3. The van der Waals surface area contributed by atoms with Crippen molar-refractivity contribution in [1.29, 1.82) is 0 Å². The van der Waals surface area contributed by atoms with E-state index in [-0.39, 0.29) is 23.3 Å². The number of aliphatic hydroxyl groups excluding tert-OH is 2. The summed E-state index contributed by atoms with van der Waals surface area (Å²) in [5.41, 5.74) is 3.27. The van der Waals surface area contributed by atoms with Gasteiger partial charge in [-0.15, -0.1) is 0 Å². The number of benzene rings is 2. The van der Waals surface area contributed by atoms with Crippen LogP contribution in [0.25, 0.3) is 11.1 Å². The van der Waals surface area contributed by atoms with Gasteiger partial charge in [-0.05, 0) is 77.6 Å². The van der Waals surface area contributed by atoms with Crippen LogP contribution >= 0.6 is 11.6 Å². The molecule has 2 N–H and O–H groups in total. The van der Waals surface area contributed by atoms with Crippen LogP contribution in [-0.4, -0.2) is 15.2 Å². The fraction of sp³-hybridized carbons (Fsp3) is 0.452. The van der Waals surface area contributed by atoms with Crippen molar-refractivity contribution in [3.63, 3.8) is 0 Å². The first-order valence-electron chi connectivity index (χ1n) is 13.4. The summed E-state index contributed by atoms with van der Waals surface area (Å²) in [5, 5.41) is 22.3. The van der Waals surface area contributed by atoms with Crippen LogP contribution in [0, 0.1) is 11.2 Å². The van der Waals surface area contributed by atoms with Gasteiger partial charge in [-0.2, -0.15) is 13.2 Å². The van der Waals surface area contributed by atoms with Crippen molar-refractivity contribution in [3.05, 3.63) is 86.9 Å². The summed E-state index contributed by atoms with van der Waals surface area (Å²) in [7, 11) is 0. The first-order chi connectivity index (χ1) is 18.3. The molecule has 0 radical (unpaired) electrons. The van der Waals surface area contributed by atoms with Gasteiger partial charge in [-0.3, -0.25) is 4.98 Å². The summed E-state index contributed by atoms with van der Waals surface area (Å²) in [6, 6.07) is 9.45. The predicted octanol–water partition coefficient (Wildman–Crippen LogP) is 8.50. The van der Waals surface area contributed by atoms with Crippen molar-refractivity contribution in [2.75, 3.05) is 0 Å². The molecule has 0 spiro atoms. The molecule has 1 saturated carbocycles. The molecule has 0 bridgehead atoms. The van der Waals surface area contributed by atoms with E-state index in [0.29, 0.717) is 35.1 Å². The summed E-state index contributed by atoms with van der Waals surface area (Å²) >= 11 is 5.82. The molecule has 2 unspecified atom stereocenters. The number of pyridine rings is 1. The van der Waals surface area contributed by atoms with E-state index in [2.05, 4.69) is 13.8 Å². The van der Waals surface area contributed by atoms with E-state index in [0.717, 1.165) is 49.2 Å². The molecule has 1 fully saturated rings. The van der Waals surface area contributed by atoms with Crippen molar-refractivity contribution in [3.8, 4) is 11.1 Å². The molecule has 2 atom stereocenters. The first kappa shape index (κ1) is 28.1. The van der Waals surface area contributed by atoms with Crippen LogP contribution in [0.3, 0.4) is 0 Å². The van der Waals surface area contributed by atoms with Crippen molar-refractivity contribution >= 4 is 11.6 Å². The Labute approximate surface area is 230 Å². The van der Waals surface area contributed by atoms with Gasteiger partial charge >= 0.3 is 6.18 Å². The normalized spacial score (nSPS) is 20.2. The number of hydrogen-bond acceptors (Lipinski definition) is 3. The molecule has 0 aliphatic heterocycles. The lowest BCUT2D eigenvalue weighted by Crippen LogP contribution is -2.29. The molecule has 2 aromatic carbocycles. The van der Waals surface area contributed by atoms with Gasteiger partial charge in [0, 0.05) is 29.3 Å². The number of aliphatic hydroxyl groups is 2. The monoisotopic (exact) mass is 561 g/mol. The van der Waals surface area contributed by atoms with Gasteiger partial charge in [0.05, 0.1) is 22.8 Å². The van der Waals surface area contributed by atoms with Crippen molar-refractivity contribution in [2.24, 2.45) is 5.41 Å². The Balaban J connectivity index is 1.71. The van der Waals surface area contributed by atoms with Crippen LogP contribution in [0.4, 0.5) is 17.6 Å². The maximum absolute atomic E-state index is 13.9. The van der Waals surface area contributed by atoms with Crippen molar-refractivity contribution in [1.82, 2.24) is 4.98 Å². The molecule has 0 amide bonds. The highest BCUT2D eigenvalue weighted by Gasteiger charge is 2.38. The third kappa shape index (κ3) is 5.72. The Bertz CT molecular complexity index is 1360. The van der Waals surface area contributed by atoms with Crippen LogP contribution in [0.15, 0.2) is 42.5 Å². The number of fused-ring (bicyclic) bond motifs is 1. The van der Waals surface area contributed by atoms with Crippen molar-refractivity contribution < 1.29 is 27.8 Å². The van der Waals surface area contributed by atoms with Gasteiger partial charge in [0.25, 0.3) is 0 Å². The summed E-state index contributed by atoms with van der Waals surface area (Å²) in [6.07, 6.45) is -1.69. The lowest BCUT2D eigenvalue weighted by Gasteiger charge is -2.37. The Hall–Kier alpha value is -2.48. The topological polar surface area (TPSA) is 53.4 Å². The number of halogens is 5. The fourth-order valence-electron chi connectivity index (χ4n) is 6.32. The van der Waals surface area contributed by atoms with Gasteiger partial charge in [0.2, 0.25) is 0 Å². The Morgan fingerprint density at radius 1 is 1.08 bits per heavy atom. The number of rotatable bonds is 5. The third-order valence-corrected chi connectivity index (χ3v) is 8.45. The molecular formula is C31H32ClF4NO2. The lowest BCUT2D eigenvalue weighted by atomic mass is 9.71. The van der Waals surface area contributed by atoms with Gasteiger partial charge in [-0.25, -0.2) is 4.39 Å². The Morgan fingerprint density at radius 3 is 2.38 bits per heavy atom. The average molecular weight is 562 g/mol. The summed E-state index contributed by atoms with van der Waals surface area (Å²) < 4.78 is 54.6. The van der Waals surface area contributed by atoms with E-state index >= 15 is 0 Å². The molecule has 2 aliphatic rings. The molecule has 39 heavy (non-hydrogen) atoms. The molecule has 3 nitrogen and oxygen atoms in total. The molecule has 3 aromatic rings. The average Bonchev–Trinajstić information content (AvgIpc) is 3.38. The van der Waals surface area contributed by atoms with Crippen LogP contribution in [0.5, 0.6) is 0 Å². The van der Waals surface area contributed by atoms with E-state index in [1.165, 1.54) is 18.2 Å². The van der Waals surface area contributed by atoms with Gasteiger partial charge in [0.1, 0.15) is 5.82 Å². The largest absolute Gasteiger partial charge is 0.417 e. The second-order valence-electron chi connectivity index (χ2n) is 11.7. The molecule has 1 heterocycles. The zero-order chi connectivity index (χ0) is 28.1. The summed E-state index contributed by atoms with van der Waals surface area (Å²) in [6.45, 7) is 4.17. The third-order valence-electron chi connectivity index (χ3n) is 8.12. The maximum atomic E-state index is 13.9. The molecule has 1 aromatic heterocycles. The maximum Gasteiger partial charge on any atom is 0.417 e. The van der Waals surface area contributed by atoms with E-state index < -0.39 is 34.8 Å². The summed E-state index contributed by atoms with van der Waals surface area (Å²) in [5.74, 6) is -0.267. The number of alkyl halides is 3. The SMILES string of the molecule is CC1(C)Cc2nc(C3CCCC3)c(CC(O)c3ccc(Cl)c(C(F)(F)F)c3)c(-c3ccc(F)cc3)c2C(O)C1. The minimum Gasteiger partial charge on any atom is -0.388 e. The van der Waals surface area contributed by atoms with Gasteiger partial charge in [-0.1, -0.05) is 56.5 Å². The highest BCUT2D eigenvalue weighted by atomic mass is 35.5. The smallest absolute Gasteiger partial charge is 0.388 e. The van der Waals surface area contributed by atoms with E-state index in [4.69, 9.17) is 16.6 Å². The highest BCUT2D eigenvalue weighted by molar-refractivity contribution is 6.31. The van der Waals surface area contributed by atoms with Crippen LogP contribution in [0.1, 0.15) is 97.7 Å². The lowest BCUT2D eigenvalue weighted by molar-refractivity contribution is -0.137. The predicted molar refractivity (Wildman–Crippen MR) is 143 cm³/mol. The second-order valence-corrected chi connectivity index (χ2v) is 12.1. The van der Waals surface area contributed by atoms with Crippen LogP contribution in [0.2, 0.25) is 5.02 Å². The van der Waals surface area contributed by atoms with E-state index in [9.17, 15) is 27.8 Å². The zero-order valence-corrected chi connectivity index (χ0v) is 22.7. The zero-order valence-electron chi connectivity index (χ0n) is 22.0. The molecular weight excluding hydrogens is 530 g/mol. The van der Waals surface area contributed by atoms with E-state index in [1.54, 1.807) is 12.1 Å². The van der Waals surface area contributed by atoms with Crippen LogP contribution in [-0.2, 0) is 19.0 Å². The molecule has 208 valence electrons. The molecule has 8 heteroatoms. The number of hydrogen-bond donors (Lipinski definition) is 2. The number of aromatic nitrogens is 1. The van der Waals surface area contributed by atoms with Crippen molar-refractivity contribution in [2.45, 2.75) is 83.1 Å². The molecule has 2 aliphatic carbocycles. The van der Waals surface area contributed by atoms with Gasteiger partial charge in [0.15, 0.2) is 0 Å². The van der Waals surface area contributed by atoms with Gasteiger partial charge < -0.3 is 10.2 Å². The quantitative estimate of drug-likeness (QED) is 0.307. The van der Waals surface area contributed by atoms with E-state index in [1.807, 2.05) is 0 Å². The second kappa shape index (κ2) is 10.5. The molecule has 0 saturated heterocycles. The fourth-order valence-corrected chi connectivity index (χ4v) is 6.55.